The molecule has 0 aliphatic heterocycles. The van der Waals surface area contributed by atoms with E-state index in [1.165, 1.54) is 12.4 Å². The van der Waals surface area contributed by atoms with Crippen LogP contribution in [-0.4, -0.2) is 9.97 Å². The third-order valence-corrected chi connectivity index (χ3v) is 3.08. The van der Waals surface area contributed by atoms with Crippen molar-refractivity contribution in [3.63, 3.8) is 0 Å². The van der Waals surface area contributed by atoms with Crippen LogP contribution in [-0.2, 0) is 0 Å². The topological polar surface area (TPSA) is 37.8 Å². The van der Waals surface area contributed by atoms with E-state index in [1.807, 2.05) is 0 Å². The second-order valence-electron chi connectivity index (χ2n) is 3.39. The maximum absolute atomic E-state index is 13.6. The minimum atomic E-state index is -0.367. The average Bonchev–Trinajstić information content (AvgIpc) is 2.28. The van der Waals surface area contributed by atoms with E-state index in [-0.39, 0.29) is 5.82 Å². The van der Waals surface area contributed by atoms with Gasteiger partial charge in [0.2, 0.25) is 0 Å². The van der Waals surface area contributed by atoms with Crippen LogP contribution in [0.1, 0.15) is 5.56 Å². The van der Waals surface area contributed by atoms with Gasteiger partial charge >= 0.3 is 0 Å². The summed E-state index contributed by atoms with van der Waals surface area (Å²) in [6.07, 6.45) is 1.33. The van der Waals surface area contributed by atoms with E-state index < -0.39 is 0 Å². The Labute approximate surface area is 111 Å². The third kappa shape index (κ3) is 2.73. The zero-order chi connectivity index (χ0) is 12.4. The summed E-state index contributed by atoms with van der Waals surface area (Å²) in [7, 11) is 0. The first kappa shape index (κ1) is 12.3. The molecule has 0 atom stereocenters. The van der Waals surface area contributed by atoms with Gasteiger partial charge in [-0.25, -0.2) is 14.4 Å². The number of anilines is 2. The van der Waals surface area contributed by atoms with E-state index in [4.69, 9.17) is 11.6 Å². The van der Waals surface area contributed by atoms with E-state index in [2.05, 4.69) is 31.2 Å². The monoisotopic (exact) mass is 315 g/mol. The van der Waals surface area contributed by atoms with Crippen LogP contribution in [0.2, 0.25) is 5.15 Å². The molecule has 0 radical (unpaired) electrons. The molecule has 1 aromatic carbocycles. The lowest BCUT2D eigenvalue weighted by atomic mass is 10.3. The quantitative estimate of drug-likeness (QED) is 0.848. The largest absolute Gasteiger partial charge is 0.337 e. The molecular weight excluding hydrogens is 308 g/mol. The number of benzene rings is 1. The van der Waals surface area contributed by atoms with Crippen LogP contribution in [0.25, 0.3) is 0 Å². The van der Waals surface area contributed by atoms with Crippen LogP contribution in [0.5, 0.6) is 0 Å². The molecule has 0 amide bonds. The summed E-state index contributed by atoms with van der Waals surface area (Å²) in [4.78, 5) is 7.84. The minimum absolute atomic E-state index is 0.339. The Bertz CT molecular complexity index is 562. The van der Waals surface area contributed by atoms with Gasteiger partial charge in [0.25, 0.3) is 0 Å². The molecule has 1 aromatic heterocycles. The van der Waals surface area contributed by atoms with Crippen molar-refractivity contribution in [2.75, 3.05) is 5.32 Å². The van der Waals surface area contributed by atoms with Gasteiger partial charge in [0.15, 0.2) is 0 Å². The predicted octanol–water partition coefficient (Wildman–Crippen LogP) is 4.08. The highest BCUT2D eigenvalue weighted by Crippen LogP contribution is 2.25. The molecule has 88 valence electrons. The average molecular weight is 317 g/mol. The SMILES string of the molecule is Cc1c(Cl)ncnc1Nc1ccc(Br)cc1F. The lowest BCUT2D eigenvalue weighted by Crippen LogP contribution is -2.00. The molecule has 2 aromatic rings. The molecule has 0 aliphatic carbocycles. The first-order valence-electron chi connectivity index (χ1n) is 4.77. The van der Waals surface area contributed by atoms with Crippen LogP contribution in [0.15, 0.2) is 29.0 Å². The van der Waals surface area contributed by atoms with Crippen molar-refractivity contribution >= 4 is 39.0 Å². The Morgan fingerprint density at radius 2 is 2.12 bits per heavy atom. The summed E-state index contributed by atoms with van der Waals surface area (Å²) >= 11 is 9.05. The van der Waals surface area contributed by atoms with Gasteiger partial charge in [0, 0.05) is 10.0 Å². The molecular formula is C11H8BrClFN3. The summed E-state index contributed by atoms with van der Waals surface area (Å²) in [5.74, 6) is 0.125. The third-order valence-electron chi connectivity index (χ3n) is 2.21. The van der Waals surface area contributed by atoms with Crippen molar-refractivity contribution in [2.45, 2.75) is 6.92 Å². The Morgan fingerprint density at radius 1 is 1.35 bits per heavy atom. The van der Waals surface area contributed by atoms with Crippen LogP contribution in [0, 0.1) is 12.7 Å². The molecule has 0 saturated carbocycles. The van der Waals surface area contributed by atoms with Crippen LogP contribution in [0.3, 0.4) is 0 Å². The predicted molar refractivity (Wildman–Crippen MR) is 69.2 cm³/mol. The van der Waals surface area contributed by atoms with Crippen molar-refractivity contribution in [2.24, 2.45) is 0 Å². The zero-order valence-electron chi connectivity index (χ0n) is 8.84. The van der Waals surface area contributed by atoms with Gasteiger partial charge < -0.3 is 5.32 Å². The highest BCUT2D eigenvalue weighted by atomic mass is 79.9. The van der Waals surface area contributed by atoms with Gasteiger partial charge in [-0.3, -0.25) is 0 Å². The van der Waals surface area contributed by atoms with Crippen molar-refractivity contribution in [3.8, 4) is 0 Å². The normalized spacial score (nSPS) is 10.4. The zero-order valence-corrected chi connectivity index (χ0v) is 11.2. The fraction of sp³-hybridized carbons (Fsp3) is 0.0909. The van der Waals surface area contributed by atoms with Gasteiger partial charge in [-0.05, 0) is 25.1 Å². The molecule has 0 bridgehead atoms. The Balaban J connectivity index is 2.35. The summed E-state index contributed by atoms with van der Waals surface area (Å²) < 4.78 is 14.3. The maximum Gasteiger partial charge on any atom is 0.147 e. The van der Waals surface area contributed by atoms with Crippen molar-refractivity contribution in [1.82, 2.24) is 9.97 Å². The summed E-state index contributed by atoms with van der Waals surface area (Å²) in [5.41, 5.74) is 1.02. The van der Waals surface area contributed by atoms with Crippen molar-refractivity contribution in [1.29, 1.82) is 0 Å². The smallest absolute Gasteiger partial charge is 0.147 e. The van der Waals surface area contributed by atoms with Crippen LogP contribution < -0.4 is 5.32 Å². The first-order chi connectivity index (χ1) is 8.08. The van der Waals surface area contributed by atoms with Gasteiger partial charge in [0.1, 0.15) is 23.1 Å². The molecule has 0 spiro atoms. The van der Waals surface area contributed by atoms with E-state index in [0.717, 1.165) is 0 Å². The van der Waals surface area contributed by atoms with Gasteiger partial charge in [0.05, 0.1) is 5.69 Å². The van der Waals surface area contributed by atoms with Crippen molar-refractivity contribution < 1.29 is 4.39 Å². The molecule has 1 N–H and O–H groups in total. The molecule has 3 nitrogen and oxygen atoms in total. The number of rotatable bonds is 2. The van der Waals surface area contributed by atoms with Gasteiger partial charge in [-0.2, -0.15) is 0 Å². The number of halogens is 3. The Morgan fingerprint density at radius 3 is 2.82 bits per heavy atom. The standard InChI is InChI=1S/C11H8BrClFN3/c1-6-10(13)15-5-16-11(6)17-9-3-2-7(12)4-8(9)14/h2-5H,1H3,(H,15,16,17). The highest BCUT2D eigenvalue weighted by molar-refractivity contribution is 9.10. The Hall–Kier alpha value is -1.20. The number of nitrogens with zero attached hydrogens (tertiary/aromatic N) is 2. The summed E-state index contributed by atoms with van der Waals surface area (Å²) in [6.45, 7) is 1.77. The minimum Gasteiger partial charge on any atom is -0.337 e. The van der Waals surface area contributed by atoms with E-state index in [9.17, 15) is 4.39 Å². The molecule has 0 fully saturated rings. The lowest BCUT2D eigenvalue weighted by molar-refractivity contribution is 0.631. The molecule has 0 aliphatic rings. The van der Waals surface area contributed by atoms with E-state index >= 15 is 0 Å². The second kappa shape index (κ2) is 4.98. The second-order valence-corrected chi connectivity index (χ2v) is 4.66. The number of hydrogen-bond donors (Lipinski definition) is 1. The number of aromatic nitrogens is 2. The lowest BCUT2D eigenvalue weighted by Gasteiger charge is -2.09. The summed E-state index contributed by atoms with van der Waals surface area (Å²) in [6, 6.07) is 4.73. The molecule has 0 unspecified atom stereocenters. The maximum atomic E-state index is 13.6. The molecule has 1 heterocycles. The fourth-order valence-electron chi connectivity index (χ4n) is 1.27. The van der Waals surface area contributed by atoms with Crippen molar-refractivity contribution in [3.05, 3.63) is 45.5 Å². The Kier molecular flexibility index (Phi) is 3.59. The molecule has 6 heteroatoms. The molecule has 17 heavy (non-hydrogen) atoms. The first-order valence-corrected chi connectivity index (χ1v) is 5.94. The van der Waals surface area contributed by atoms with E-state index in [1.54, 1.807) is 19.1 Å². The van der Waals surface area contributed by atoms with Crippen LogP contribution >= 0.6 is 27.5 Å². The van der Waals surface area contributed by atoms with E-state index in [0.29, 0.717) is 26.7 Å². The highest BCUT2D eigenvalue weighted by Gasteiger charge is 2.08. The van der Waals surface area contributed by atoms with Crippen LogP contribution in [0.4, 0.5) is 15.9 Å². The number of hydrogen-bond acceptors (Lipinski definition) is 3. The fourth-order valence-corrected chi connectivity index (χ4v) is 1.74. The molecule has 2 rings (SSSR count). The van der Waals surface area contributed by atoms with Gasteiger partial charge in [-0.1, -0.05) is 27.5 Å². The molecule has 0 saturated heterocycles. The van der Waals surface area contributed by atoms with Gasteiger partial charge in [-0.15, -0.1) is 0 Å². The summed E-state index contributed by atoms with van der Waals surface area (Å²) in [5, 5.41) is 3.22. The number of nitrogens with one attached hydrogen (secondary N) is 1.